The van der Waals surface area contributed by atoms with E-state index < -0.39 is 10.8 Å². The van der Waals surface area contributed by atoms with Gasteiger partial charge in [0.1, 0.15) is 11.4 Å². The molecule has 0 fully saturated rings. The van der Waals surface area contributed by atoms with Crippen LogP contribution in [-0.4, -0.2) is 17.9 Å². The number of ether oxygens (including phenoxy) is 1. The lowest BCUT2D eigenvalue weighted by molar-refractivity contribution is -0.384. The van der Waals surface area contributed by atoms with Crippen LogP contribution in [0.25, 0.3) is 0 Å². The van der Waals surface area contributed by atoms with Gasteiger partial charge in [-0.1, -0.05) is 29.3 Å². The SMILES string of the molecule is COc1cccc(N(C(C)=O)c2cc(Cl)c(Cl)cc2[N+](=O)[O-])c1. The van der Waals surface area contributed by atoms with Crippen molar-refractivity contribution >= 4 is 46.2 Å². The van der Waals surface area contributed by atoms with Crippen LogP contribution in [0.3, 0.4) is 0 Å². The highest BCUT2D eigenvalue weighted by Crippen LogP contribution is 2.40. The molecule has 0 aliphatic heterocycles. The summed E-state index contributed by atoms with van der Waals surface area (Å²) in [5, 5.41) is 11.5. The summed E-state index contributed by atoms with van der Waals surface area (Å²) in [6.45, 7) is 1.30. The molecule has 0 N–H and O–H groups in total. The number of carbonyl (C=O) groups is 1. The largest absolute Gasteiger partial charge is 0.497 e. The van der Waals surface area contributed by atoms with Crippen LogP contribution in [0.5, 0.6) is 5.75 Å². The van der Waals surface area contributed by atoms with Gasteiger partial charge in [0, 0.05) is 19.1 Å². The van der Waals surface area contributed by atoms with Crippen molar-refractivity contribution < 1.29 is 14.5 Å². The molecule has 2 rings (SSSR count). The van der Waals surface area contributed by atoms with Gasteiger partial charge in [0.25, 0.3) is 5.69 Å². The van der Waals surface area contributed by atoms with E-state index in [0.717, 1.165) is 6.07 Å². The van der Waals surface area contributed by atoms with Crippen LogP contribution in [0.1, 0.15) is 6.92 Å². The Kier molecular flexibility index (Phi) is 5.08. The van der Waals surface area contributed by atoms with E-state index in [2.05, 4.69) is 0 Å². The summed E-state index contributed by atoms with van der Waals surface area (Å²) in [5.41, 5.74) is 0.126. The first-order valence-corrected chi connectivity index (χ1v) is 7.19. The molecule has 0 radical (unpaired) electrons. The second-order valence-corrected chi connectivity index (χ2v) is 5.38. The van der Waals surface area contributed by atoms with Crippen molar-refractivity contribution in [2.24, 2.45) is 0 Å². The maximum Gasteiger partial charge on any atom is 0.294 e. The highest BCUT2D eigenvalue weighted by atomic mass is 35.5. The molecule has 0 saturated heterocycles. The van der Waals surface area contributed by atoms with E-state index in [1.165, 1.54) is 25.0 Å². The molecule has 0 heterocycles. The first-order chi connectivity index (χ1) is 10.8. The van der Waals surface area contributed by atoms with E-state index >= 15 is 0 Å². The van der Waals surface area contributed by atoms with Gasteiger partial charge < -0.3 is 4.74 Å². The number of benzene rings is 2. The van der Waals surface area contributed by atoms with Crippen LogP contribution in [-0.2, 0) is 4.79 Å². The van der Waals surface area contributed by atoms with Crippen molar-refractivity contribution in [1.29, 1.82) is 0 Å². The van der Waals surface area contributed by atoms with E-state index in [4.69, 9.17) is 27.9 Å². The molecule has 2 aromatic rings. The third-order valence-electron chi connectivity index (χ3n) is 3.08. The number of nitrogens with zero attached hydrogens (tertiary/aromatic N) is 2. The number of nitro benzene ring substituents is 1. The molecule has 0 bridgehead atoms. The average Bonchev–Trinajstić information content (AvgIpc) is 2.50. The fourth-order valence-corrected chi connectivity index (χ4v) is 2.41. The Hall–Kier alpha value is -2.31. The highest BCUT2D eigenvalue weighted by Gasteiger charge is 2.26. The Balaban J connectivity index is 2.69. The van der Waals surface area contributed by atoms with Crippen LogP contribution in [0.4, 0.5) is 17.1 Å². The predicted octanol–water partition coefficient (Wildman–Crippen LogP) is 4.59. The Morgan fingerprint density at radius 2 is 1.87 bits per heavy atom. The van der Waals surface area contributed by atoms with Crippen molar-refractivity contribution in [1.82, 2.24) is 0 Å². The molecule has 2 aromatic carbocycles. The molecular formula is C15H12Cl2N2O4. The number of rotatable bonds is 4. The van der Waals surface area contributed by atoms with Crippen molar-refractivity contribution in [2.75, 3.05) is 12.0 Å². The lowest BCUT2D eigenvalue weighted by Gasteiger charge is -2.22. The maximum absolute atomic E-state index is 12.1. The molecule has 1 amide bonds. The average molecular weight is 355 g/mol. The monoisotopic (exact) mass is 354 g/mol. The smallest absolute Gasteiger partial charge is 0.294 e. The van der Waals surface area contributed by atoms with Gasteiger partial charge in [-0.3, -0.25) is 19.8 Å². The normalized spacial score (nSPS) is 10.3. The van der Waals surface area contributed by atoms with Crippen molar-refractivity contribution in [2.45, 2.75) is 6.92 Å². The van der Waals surface area contributed by atoms with E-state index in [0.29, 0.717) is 11.4 Å². The topological polar surface area (TPSA) is 72.7 Å². The van der Waals surface area contributed by atoms with Gasteiger partial charge in [0.15, 0.2) is 0 Å². The molecule has 0 aromatic heterocycles. The molecule has 0 spiro atoms. The number of halogens is 2. The van der Waals surface area contributed by atoms with E-state index in [9.17, 15) is 14.9 Å². The molecule has 120 valence electrons. The zero-order chi connectivity index (χ0) is 17.1. The Labute approximate surface area is 142 Å². The van der Waals surface area contributed by atoms with E-state index in [1.807, 2.05) is 0 Å². The standard InChI is InChI=1S/C15H12Cl2N2O4/c1-9(20)18(10-4-3-5-11(6-10)23-2)14-7-12(16)13(17)8-15(14)19(21)22/h3-8H,1-2H3. The summed E-state index contributed by atoms with van der Waals surface area (Å²) >= 11 is 11.8. The fraction of sp³-hybridized carbons (Fsp3) is 0.133. The number of hydrogen-bond acceptors (Lipinski definition) is 4. The number of nitro groups is 1. The molecule has 6 nitrogen and oxygen atoms in total. The van der Waals surface area contributed by atoms with Gasteiger partial charge in [-0.2, -0.15) is 0 Å². The molecule has 0 saturated carbocycles. The fourth-order valence-electron chi connectivity index (χ4n) is 2.09. The van der Waals surface area contributed by atoms with Crippen LogP contribution in [0.2, 0.25) is 10.0 Å². The number of hydrogen-bond donors (Lipinski definition) is 0. The van der Waals surface area contributed by atoms with Crippen LogP contribution in [0, 0.1) is 10.1 Å². The van der Waals surface area contributed by atoms with E-state index in [1.54, 1.807) is 24.3 Å². The molecular weight excluding hydrogens is 343 g/mol. The summed E-state index contributed by atoms with van der Waals surface area (Å²) in [6, 6.07) is 9.01. The molecule has 0 aliphatic rings. The summed E-state index contributed by atoms with van der Waals surface area (Å²) < 4.78 is 5.12. The van der Waals surface area contributed by atoms with Crippen LogP contribution >= 0.6 is 23.2 Å². The Morgan fingerprint density at radius 1 is 1.22 bits per heavy atom. The number of methoxy groups -OCH3 is 1. The summed E-state index contributed by atoms with van der Waals surface area (Å²) in [4.78, 5) is 24.0. The van der Waals surface area contributed by atoms with Gasteiger partial charge in [-0.25, -0.2) is 0 Å². The van der Waals surface area contributed by atoms with Gasteiger partial charge in [-0.15, -0.1) is 0 Å². The minimum Gasteiger partial charge on any atom is -0.497 e. The summed E-state index contributed by atoms with van der Waals surface area (Å²) in [6.07, 6.45) is 0. The highest BCUT2D eigenvalue weighted by molar-refractivity contribution is 6.42. The quantitative estimate of drug-likeness (QED) is 0.594. The lowest BCUT2D eigenvalue weighted by Crippen LogP contribution is -2.23. The zero-order valence-electron chi connectivity index (χ0n) is 12.2. The Morgan fingerprint density at radius 3 is 2.43 bits per heavy atom. The van der Waals surface area contributed by atoms with Crippen LogP contribution < -0.4 is 9.64 Å². The minimum atomic E-state index is -0.617. The van der Waals surface area contributed by atoms with Gasteiger partial charge in [0.05, 0.1) is 27.8 Å². The summed E-state index contributed by atoms with van der Waals surface area (Å²) in [5.74, 6) is 0.0937. The van der Waals surface area contributed by atoms with Gasteiger partial charge >= 0.3 is 0 Å². The molecule has 0 unspecified atom stereocenters. The third-order valence-corrected chi connectivity index (χ3v) is 3.80. The van der Waals surface area contributed by atoms with E-state index in [-0.39, 0.29) is 21.4 Å². The molecule has 23 heavy (non-hydrogen) atoms. The molecule has 0 aliphatic carbocycles. The second-order valence-electron chi connectivity index (χ2n) is 4.57. The first kappa shape index (κ1) is 17.1. The zero-order valence-corrected chi connectivity index (χ0v) is 13.8. The minimum absolute atomic E-state index is 0.0325. The van der Waals surface area contributed by atoms with Crippen molar-refractivity contribution in [3.63, 3.8) is 0 Å². The second kappa shape index (κ2) is 6.85. The number of amides is 1. The number of anilines is 2. The maximum atomic E-state index is 12.1. The lowest BCUT2D eigenvalue weighted by atomic mass is 10.2. The summed E-state index contributed by atoms with van der Waals surface area (Å²) in [7, 11) is 1.48. The third kappa shape index (κ3) is 3.55. The molecule has 0 atom stereocenters. The molecule has 8 heteroatoms. The van der Waals surface area contributed by atoms with Crippen molar-refractivity contribution in [3.05, 3.63) is 56.6 Å². The van der Waals surface area contributed by atoms with Crippen molar-refractivity contribution in [3.8, 4) is 5.75 Å². The van der Waals surface area contributed by atoms with Gasteiger partial charge in [0.2, 0.25) is 5.91 Å². The van der Waals surface area contributed by atoms with Gasteiger partial charge in [-0.05, 0) is 18.2 Å². The Bertz CT molecular complexity index is 780. The number of carbonyl (C=O) groups excluding carboxylic acids is 1. The predicted molar refractivity (Wildman–Crippen MR) is 88.9 cm³/mol. The first-order valence-electron chi connectivity index (χ1n) is 6.43. The van der Waals surface area contributed by atoms with Crippen LogP contribution in [0.15, 0.2) is 36.4 Å².